The number of aryl methyl sites for hydroxylation is 1. The maximum atomic E-state index is 13.7. The van der Waals surface area contributed by atoms with E-state index in [4.69, 9.17) is 5.73 Å². The molecule has 0 saturated heterocycles. The molecule has 0 unspecified atom stereocenters. The monoisotopic (exact) mass is 504 g/mol. The lowest BCUT2D eigenvalue weighted by atomic mass is 10.0. The molecule has 0 bridgehead atoms. The minimum atomic E-state index is -4.61. The molecule has 0 aliphatic rings. The number of carbonyl (C=O) groups excluding carboxylic acids is 1. The molecule has 1 amide bonds. The molecule has 0 saturated carbocycles. The van der Waals surface area contributed by atoms with Crippen LogP contribution in [0.1, 0.15) is 34.5 Å². The summed E-state index contributed by atoms with van der Waals surface area (Å²) in [6.45, 7) is 1.86. The maximum Gasteiger partial charge on any atom is 0.417 e. The highest BCUT2D eigenvalue weighted by molar-refractivity contribution is 6.09. The highest BCUT2D eigenvalue weighted by Gasteiger charge is 2.34. The number of hydrogen-bond acceptors (Lipinski definition) is 4. The number of hydrogen-bond donors (Lipinski definition) is 2. The molecule has 0 aliphatic carbocycles. The van der Waals surface area contributed by atoms with Gasteiger partial charge >= 0.3 is 6.18 Å². The van der Waals surface area contributed by atoms with Crippen LogP contribution >= 0.6 is 0 Å². The number of rotatable bonds is 5. The molecule has 0 spiro atoms. The zero-order valence-corrected chi connectivity index (χ0v) is 20.0. The molecule has 1 atom stereocenters. The molecule has 2 aromatic heterocycles. The first kappa shape index (κ1) is 24.3. The van der Waals surface area contributed by atoms with E-state index in [0.29, 0.717) is 22.4 Å². The van der Waals surface area contributed by atoms with Crippen LogP contribution in [0.15, 0.2) is 79.0 Å². The Balaban J connectivity index is 1.60. The number of nitrogens with one attached hydrogen (secondary N) is 1. The lowest BCUT2D eigenvalue weighted by Crippen LogP contribution is -2.16. The number of nitrogens with two attached hydrogens (primary N) is 1. The summed E-state index contributed by atoms with van der Waals surface area (Å²) in [5.41, 5.74) is 7.36. The molecule has 5 aromatic rings. The molecule has 188 valence electrons. The normalized spacial score (nSPS) is 12.6. The van der Waals surface area contributed by atoms with Crippen LogP contribution in [0.3, 0.4) is 0 Å². The predicted octanol–water partition coefficient (Wildman–Crippen LogP) is 5.72. The Bertz CT molecular complexity index is 1600. The fraction of sp³-hybridized carbons (Fsp3) is 0.148. The highest BCUT2D eigenvalue weighted by Crippen LogP contribution is 2.37. The Morgan fingerprint density at radius 1 is 1.00 bits per heavy atom. The van der Waals surface area contributed by atoms with Crippen LogP contribution in [0.2, 0.25) is 0 Å². The van der Waals surface area contributed by atoms with Crippen molar-refractivity contribution in [3.63, 3.8) is 0 Å². The van der Waals surface area contributed by atoms with Crippen molar-refractivity contribution in [2.45, 2.75) is 19.1 Å². The van der Waals surface area contributed by atoms with Gasteiger partial charge in [-0.3, -0.25) is 9.48 Å². The zero-order valence-electron chi connectivity index (χ0n) is 20.0. The van der Waals surface area contributed by atoms with Gasteiger partial charge in [0, 0.05) is 35.8 Å². The largest absolute Gasteiger partial charge is 0.417 e. The second-order valence-corrected chi connectivity index (χ2v) is 8.75. The summed E-state index contributed by atoms with van der Waals surface area (Å²) in [4.78, 5) is 13.4. The Labute approximate surface area is 210 Å². The van der Waals surface area contributed by atoms with Crippen LogP contribution in [0.4, 0.5) is 19.0 Å². The van der Waals surface area contributed by atoms with Gasteiger partial charge in [-0.15, -0.1) is 0 Å². The van der Waals surface area contributed by atoms with Crippen molar-refractivity contribution in [3.8, 4) is 16.9 Å². The van der Waals surface area contributed by atoms with Crippen molar-refractivity contribution in [1.82, 2.24) is 19.6 Å². The Morgan fingerprint density at radius 2 is 1.76 bits per heavy atom. The van der Waals surface area contributed by atoms with Crippen LogP contribution in [-0.4, -0.2) is 25.5 Å². The summed E-state index contributed by atoms with van der Waals surface area (Å²) in [6.07, 6.45) is -3.06. The molecule has 3 aromatic carbocycles. The Kier molecular flexibility index (Phi) is 6.04. The van der Waals surface area contributed by atoms with E-state index >= 15 is 0 Å². The van der Waals surface area contributed by atoms with Crippen LogP contribution in [0.25, 0.3) is 27.8 Å². The number of alkyl halides is 3. The molecule has 0 aliphatic heterocycles. The molecular weight excluding hydrogens is 481 g/mol. The number of halogens is 3. The summed E-state index contributed by atoms with van der Waals surface area (Å²) in [7, 11) is 1.61. The summed E-state index contributed by atoms with van der Waals surface area (Å²) in [5, 5.41) is 12.3. The molecule has 2 heterocycles. The number of fused-ring (bicyclic) bond motifs is 1. The van der Waals surface area contributed by atoms with E-state index in [1.165, 1.54) is 16.8 Å². The van der Waals surface area contributed by atoms with Crippen molar-refractivity contribution in [3.05, 3.63) is 95.7 Å². The van der Waals surface area contributed by atoms with Gasteiger partial charge in [0.1, 0.15) is 5.82 Å². The first-order valence-electron chi connectivity index (χ1n) is 11.5. The fourth-order valence-corrected chi connectivity index (χ4v) is 4.15. The first-order valence-corrected chi connectivity index (χ1v) is 11.5. The molecule has 10 heteroatoms. The number of amides is 1. The van der Waals surface area contributed by atoms with Crippen molar-refractivity contribution < 1.29 is 18.0 Å². The van der Waals surface area contributed by atoms with Crippen LogP contribution in [0, 0.1) is 0 Å². The topological polar surface area (TPSA) is 90.8 Å². The van der Waals surface area contributed by atoms with Gasteiger partial charge in [0.05, 0.1) is 22.5 Å². The van der Waals surface area contributed by atoms with Crippen molar-refractivity contribution in [2.75, 3.05) is 5.32 Å². The van der Waals surface area contributed by atoms with Gasteiger partial charge in [-0.1, -0.05) is 24.3 Å². The fourth-order valence-electron chi connectivity index (χ4n) is 4.15. The molecule has 37 heavy (non-hydrogen) atoms. The summed E-state index contributed by atoms with van der Waals surface area (Å²) in [5.74, 6) is -0.192. The van der Waals surface area contributed by atoms with E-state index in [1.54, 1.807) is 17.9 Å². The van der Waals surface area contributed by atoms with Crippen LogP contribution in [0.5, 0.6) is 0 Å². The van der Waals surface area contributed by atoms with Crippen molar-refractivity contribution >= 4 is 22.6 Å². The SMILES string of the molecule is C[C@H](N)c1ccc2c(NC(=O)c3ccc(C(F)(F)F)c(-c4ccn(C)n4)c3)n(-c3ccccc3)nc2c1. The minimum absolute atomic E-state index is 0.0508. The number of anilines is 1. The van der Waals surface area contributed by atoms with Gasteiger partial charge in [-0.25, -0.2) is 4.68 Å². The standard InChI is InChI=1S/C27H23F3N6O/c1-16(31)17-8-10-20-24(15-17)34-36(19-6-4-3-5-7-19)25(20)32-26(37)18-9-11-22(27(28,29)30)21(14-18)23-12-13-35(2)33-23/h3-16H,31H2,1-2H3,(H,32,37)/t16-/m0/s1. The number of aromatic nitrogens is 4. The van der Waals surface area contributed by atoms with Crippen LogP contribution in [-0.2, 0) is 13.2 Å². The van der Waals surface area contributed by atoms with E-state index < -0.39 is 17.6 Å². The average Bonchev–Trinajstić information content (AvgIpc) is 3.47. The minimum Gasteiger partial charge on any atom is -0.324 e. The second-order valence-electron chi connectivity index (χ2n) is 8.75. The Morgan fingerprint density at radius 3 is 2.41 bits per heavy atom. The second kappa shape index (κ2) is 9.21. The number of carbonyl (C=O) groups is 1. The number of benzene rings is 3. The maximum absolute atomic E-state index is 13.7. The molecule has 0 radical (unpaired) electrons. The summed E-state index contributed by atoms with van der Waals surface area (Å²) < 4.78 is 44.2. The summed E-state index contributed by atoms with van der Waals surface area (Å²) >= 11 is 0. The molecule has 3 N–H and O–H groups in total. The van der Waals surface area contributed by atoms with Crippen LogP contribution < -0.4 is 11.1 Å². The van der Waals surface area contributed by atoms with Gasteiger partial charge < -0.3 is 11.1 Å². The van der Waals surface area contributed by atoms with E-state index in [9.17, 15) is 18.0 Å². The third-order valence-electron chi connectivity index (χ3n) is 6.03. The predicted molar refractivity (Wildman–Crippen MR) is 135 cm³/mol. The van der Waals surface area contributed by atoms with E-state index in [1.807, 2.05) is 55.5 Å². The zero-order chi connectivity index (χ0) is 26.3. The quantitative estimate of drug-likeness (QED) is 0.321. The summed E-state index contributed by atoms with van der Waals surface area (Å²) in [6, 6.07) is 19.3. The van der Waals surface area contributed by atoms with Gasteiger partial charge in [-0.2, -0.15) is 23.4 Å². The highest BCUT2D eigenvalue weighted by atomic mass is 19.4. The smallest absolute Gasteiger partial charge is 0.324 e. The van der Waals surface area contributed by atoms with E-state index in [2.05, 4.69) is 15.5 Å². The van der Waals surface area contributed by atoms with Gasteiger partial charge in [0.25, 0.3) is 5.91 Å². The molecule has 5 rings (SSSR count). The first-order chi connectivity index (χ1) is 17.6. The van der Waals surface area contributed by atoms with E-state index in [-0.39, 0.29) is 22.9 Å². The van der Waals surface area contributed by atoms with Crippen molar-refractivity contribution in [1.29, 1.82) is 0 Å². The molecule has 0 fully saturated rings. The van der Waals surface area contributed by atoms with E-state index in [0.717, 1.165) is 17.7 Å². The molecule has 7 nitrogen and oxygen atoms in total. The Hall–Kier alpha value is -4.44. The third kappa shape index (κ3) is 4.70. The average molecular weight is 505 g/mol. The van der Waals surface area contributed by atoms with Crippen molar-refractivity contribution in [2.24, 2.45) is 12.8 Å². The number of nitrogens with zero attached hydrogens (tertiary/aromatic N) is 4. The third-order valence-corrected chi connectivity index (χ3v) is 6.03. The lowest BCUT2D eigenvalue weighted by molar-refractivity contribution is -0.137. The lowest BCUT2D eigenvalue weighted by Gasteiger charge is -2.14. The van der Waals surface area contributed by atoms with Gasteiger partial charge in [0.15, 0.2) is 0 Å². The number of para-hydroxylation sites is 1. The van der Waals surface area contributed by atoms with Gasteiger partial charge in [0.2, 0.25) is 0 Å². The van der Waals surface area contributed by atoms with Gasteiger partial charge in [-0.05, 0) is 61.0 Å². The molecular formula is C27H23F3N6O.